The number of fused-ring (bicyclic) bond motifs is 7. The number of nitrogens with zero attached hydrogens (tertiary/aromatic N) is 1. The highest BCUT2D eigenvalue weighted by Crippen LogP contribution is 2.60. The number of anilines is 3. The van der Waals surface area contributed by atoms with Gasteiger partial charge in [0.2, 0.25) is 0 Å². The molecule has 0 saturated heterocycles. The van der Waals surface area contributed by atoms with Gasteiger partial charge in [0.25, 0.3) is 0 Å². The number of hydrogen-bond acceptors (Lipinski definition) is 2. The molecular formula is C64H43NO. The molecule has 10 aromatic carbocycles. The molecule has 0 amide bonds. The van der Waals surface area contributed by atoms with Gasteiger partial charge < -0.3 is 9.32 Å². The fourth-order valence-electron chi connectivity index (χ4n) is 11.6. The first-order valence-electron chi connectivity index (χ1n) is 22.8. The van der Waals surface area contributed by atoms with Gasteiger partial charge in [0.1, 0.15) is 11.3 Å². The van der Waals surface area contributed by atoms with E-state index in [1.165, 1.54) is 66.8 Å². The fourth-order valence-corrected chi connectivity index (χ4v) is 11.6. The molecule has 0 radical (unpaired) electrons. The number of hydrogen-bond donors (Lipinski definition) is 0. The number of furan rings is 1. The lowest BCUT2D eigenvalue weighted by molar-refractivity contribution is 0.631. The molecule has 1 aromatic heterocycles. The molecule has 0 saturated carbocycles. The van der Waals surface area contributed by atoms with Gasteiger partial charge in [-0.25, -0.2) is 0 Å². The third-order valence-electron chi connectivity index (χ3n) is 14.2. The average molecular weight is 842 g/mol. The van der Waals surface area contributed by atoms with Crippen LogP contribution in [0.15, 0.2) is 265 Å². The van der Waals surface area contributed by atoms with Gasteiger partial charge in [-0.3, -0.25) is 0 Å². The Balaban J connectivity index is 1.11. The van der Waals surface area contributed by atoms with Crippen molar-refractivity contribution in [2.75, 3.05) is 4.90 Å². The minimum atomic E-state index is -0.562. The van der Waals surface area contributed by atoms with Crippen LogP contribution in [-0.2, 0) is 10.8 Å². The van der Waals surface area contributed by atoms with Gasteiger partial charge in [-0.2, -0.15) is 0 Å². The molecule has 310 valence electrons. The number of benzene rings is 10. The first-order valence-corrected chi connectivity index (χ1v) is 22.8. The molecule has 0 spiro atoms. The van der Waals surface area contributed by atoms with Crippen molar-refractivity contribution in [3.63, 3.8) is 0 Å². The normalized spacial score (nSPS) is 13.7. The van der Waals surface area contributed by atoms with Gasteiger partial charge in [-0.1, -0.05) is 218 Å². The van der Waals surface area contributed by atoms with Crippen molar-refractivity contribution in [2.45, 2.75) is 10.8 Å². The maximum atomic E-state index is 6.72. The molecule has 66 heavy (non-hydrogen) atoms. The van der Waals surface area contributed by atoms with E-state index in [1.807, 2.05) is 6.07 Å². The standard InChI is InChI=1S/C64H43NO/c1-6-21-44(22-7-1)62-43-55-60(35-20-36-61(55)66-62)65(49-37-39-53-51-31-16-18-33-56(51)63(58(53)41-49,45-23-8-2-9-24-45)46-25-10-3-11-26-46)50-38-40-54-52-32-17-19-34-57(52)64(59(54)42-50,47-27-12-4-13-28-47)48-29-14-5-15-30-48/h1-43H. The van der Waals surface area contributed by atoms with Crippen molar-refractivity contribution in [3.05, 3.63) is 305 Å². The van der Waals surface area contributed by atoms with Crippen molar-refractivity contribution in [1.82, 2.24) is 0 Å². The predicted octanol–water partition coefficient (Wildman–Crippen LogP) is 16.3. The zero-order chi connectivity index (χ0) is 43.7. The highest BCUT2D eigenvalue weighted by molar-refractivity contribution is 6.00. The van der Waals surface area contributed by atoms with E-state index in [0.717, 1.165) is 39.4 Å². The van der Waals surface area contributed by atoms with Crippen LogP contribution in [0.1, 0.15) is 44.5 Å². The van der Waals surface area contributed by atoms with Crippen LogP contribution in [0.3, 0.4) is 0 Å². The molecule has 2 aliphatic rings. The monoisotopic (exact) mass is 841 g/mol. The number of rotatable bonds is 8. The second-order valence-electron chi connectivity index (χ2n) is 17.5. The first kappa shape index (κ1) is 38.0. The van der Waals surface area contributed by atoms with Crippen LogP contribution in [0.25, 0.3) is 44.5 Å². The molecule has 0 fully saturated rings. The van der Waals surface area contributed by atoms with Crippen molar-refractivity contribution < 1.29 is 4.42 Å². The fraction of sp³-hybridized carbons (Fsp3) is 0.0312. The molecule has 2 aliphatic carbocycles. The predicted molar refractivity (Wildman–Crippen MR) is 271 cm³/mol. The third-order valence-corrected chi connectivity index (χ3v) is 14.2. The average Bonchev–Trinajstić information content (AvgIpc) is 4.06. The van der Waals surface area contributed by atoms with Crippen molar-refractivity contribution >= 4 is 28.0 Å². The summed E-state index contributed by atoms with van der Waals surface area (Å²) in [5.74, 6) is 0.839. The highest BCUT2D eigenvalue weighted by atomic mass is 16.3. The summed E-state index contributed by atoms with van der Waals surface area (Å²) in [5, 5.41) is 1.04. The Morgan fingerprint density at radius 3 is 1.15 bits per heavy atom. The van der Waals surface area contributed by atoms with E-state index in [4.69, 9.17) is 4.42 Å². The van der Waals surface area contributed by atoms with Gasteiger partial charge >= 0.3 is 0 Å². The molecule has 0 N–H and O–H groups in total. The molecular weight excluding hydrogens is 799 g/mol. The largest absolute Gasteiger partial charge is 0.456 e. The van der Waals surface area contributed by atoms with Gasteiger partial charge in [0, 0.05) is 22.3 Å². The van der Waals surface area contributed by atoms with Gasteiger partial charge in [0.15, 0.2) is 0 Å². The SMILES string of the molecule is c1ccc(-c2cc3c(N(c4ccc5c(c4)C(c4ccccc4)(c4ccccc4)c4ccccc4-5)c4ccc5c(c4)C(c4ccccc4)(c4ccccc4)c4ccccc4-5)cccc3o2)cc1. The smallest absolute Gasteiger partial charge is 0.136 e. The molecule has 0 unspecified atom stereocenters. The molecule has 11 aromatic rings. The third kappa shape index (κ3) is 5.49. The van der Waals surface area contributed by atoms with Crippen molar-refractivity contribution in [1.29, 1.82) is 0 Å². The Morgan fingerprint density at radius 1 is 0.303 bits per heavy atom. The lowest BCUT2D eigenvalue weighted by Crippen LogP contribution is -2.29. The maximum absolute atomic E-state index is 6.72. The molecule has 0 atom stereocenters. The van der Waals surface area contributed by atoms with Crippen molar-refractivity contribution in [2.24, 2.45) is 0 Å². The van der Waals surface area contributed by atoms with E-state index >= 15 is 0 Å². The summed E-state index contributed by atoms with van der Waals surface area (Å²) in [6.45, 7) is 0. The summed E-state index contributed by atoms with van der Waals surface area (Å²) in [7, 11) is 0. The Bertz CT molecular complexity index is 3320. The van der Waals surface area contributed by atoms with E-state index in [-0.39, 0.29) is 0 Å². The zero-order valence-corrected chi connectivity index (χ0v) is 36.2. The van der Waals surface area contributed by atoms with Crippen LogP contribution in [0, 0.1) is 0 Å². The molecule has 13 rings (SSSR count). The molecule has 2 heteroatoms. The van der Waals surface area contributed by atoms with Crippen molar-refractivity contribution in [3.8, 4) is 33.6 Å². The minimum absolute atomic E-state index is 0.562. The maximum Gasteiger partial charge on any atom is 0.136 e. The molecule has 2 nitrogen and oxygen atoms in total. The lowest BCUT2D eigenvalue weighted by Gasteiger charge is -2.36. The molecule has 0 aliphatic heterocycles. The van der Waals surface area contributed by atoms with E-state index < -0.39 is 10.8 Å². The van der Waals surface area contributed by atoms with Crippen LogP contribution in [0.5, 0.6) is 0 Å². The van der Waals surface area contributed by atoms with Crippen LogP contribution >= 0.6 is 0 Å². The summed E-state index contributed by atoms with van der Waals surface area (Å²) in [4.78, 5) is 2.47. The minimum Gasteiger partial charge on any atom is -0.456 e. The van der Waals surface area contributed by atoms with E-state index in [1.54, 1.807) is 0 Å². The summed E-state index contributed by atoms with van der Waals surface area (Å²) in [6.07, 6.45) is 0. The Kier molecular flexibility index (Phi) is 8.69. The van der Waals surface area contributed by atoms with Crippen LogP contribution in [0.4, 0.5) is 17.1 Å². The zero-order valence-electron chi connectivity index (χ0n) is 36.2. The molecule has 0 bridgehead atoms. The quantitative estimate of drug-likeness (QED) is 0.152. The van der Waals surface area contributed by atoms with Gasteiger partial charge in [-0.05, 0) is 109 Å². The highest BCUT2D eigenvalue weighted by Gasteiger charge is 2.48. The molecule has 1 heterocycles. The van der Waals surface area contributed by atoms with Crippen LogP contribution in [0.2, 0.25) is 0 Å². The lowest BCUT2D eigenvalue weighted by atomic mass is 9.67. The Morgan fingerprint density at radius 2 is 0.697 bits per heavy atom. The topological polar surface area (TPSA) is 16.4 Å². The van der Waals surface area contributed by atoms with Crippen LogP contribution < -0.4 is 4.90 Å². The van der Waals surface area contributed by atoms with Gasteiger partial charge in [-0.15, -0.1) is 0 Å². The summed E-state index contributed by atoms with van der Waals surface area (Å²) >= 11 is 0. The summed E-state index contributed by atoms with van der Waals surface area (Å²) in [6, 6.07) is 95.6. The second-order valence-corrected chi connectivity index (χ2v) is 17.5. The Labute approximate surface area is 385 Å². The van der Waals surface area contributed by atoms with E-state index in [0.29, 0.717) is 0 Å². The summed E-state index contributed by atoms with van der Waals surface area (Å²) in [5.41, 5.74) is 19.0. The van der Waals surface area contributed by atoms with Gasteiger partial charge in [0.05, 0.1) is 16.5 Å². The van der Waals surface area contributed by atoms with Crippen LogP contribution in [-0.4, -0.2) is 0 Å². The van der Waals surface area contributed by atoms with E-state index in [9.17, 15) is 0 Å². The summed E-state index contributed by atoms with van der Waals surface area (Å²) < 4.78 is 6.72. The van der Waals surface area contributed by atoms with E-state index in [2.05, 4.69) is 260 Å². The Hall–Kier alpha value is -8.46. The first-order chi connectivity index (χ1) is 32.7. The second kappa shape index (κ2) is 15.1.